The number of piperidine rings is 1. The van der Waals surface area contributed by atoms with Crippen LogP contribution in [0.5, 0.6) is 0 Å². The molecular formula is C18H29N3O2. The molecule has 1 N–H and O–H groups in total. The summed E-state index contributed by atoms with van der Waals surface area (Å²) in [7, 11) is 3.82. The van der Waals surface area contributed by atoms with Gasteiger partial charge in [-0.05, 0) is 31.4 Å². The normalized spacial score (nSPS) is 15.9. The summed E-state index contributed by atoms with van der Waals surface area (Å²) >= 11 is 0. The van der Waals surface area contributed by atoms with E-state index < -0.39 is 0 Å². The molecule has 1 aliphatic rings. The second-order valence-electron chi connectivity index (χ2n) is 6.34. The van der Waals surface area contributed by atoms with Crippen molar-refractivity contribution in [2.45, 2.75) is 19.4 Å². The van der Waals surface area contributed by atoms with Gasteiger partial charge in [-0.1, -0.05) is 30.3 Å². The number of likely N-dealkylation sites (tertiary alicyclic amines) is 1. The number of carbonyl (C=O) groups excluding carboxylic acids is 1. The van der Waals surface area contributed by atoms with Crippen LogP contribution in [-0.2, 0) is 11.3 Å². The lowest BCUT2D eigenvalue weighted by Crippen LogP contribution is -2.46. The molecule has 2 amide bonds. The fourth-order valence-corrected chi connectivity index (χ4v) is 3.09. The van der Waals surface area contributed by atoms with Crippen LogP contribution in [0.25, 0.3) is 0 Å². The van der Waals surface area contributed by atoms with E-state index in [0.717, 1.165) is 39.0 Å². The van der Waals surface area contributed by atoms with E-state index in [0.29, 0.717) is 19.1 Å². The summed E-state index contributed by atoms with van der Waals surface area (Å²) in [6.45, 7) is 4.92. The number of amides is 2. The van der Waals surface area contributed by atoms with Gasteiger partial charge in [-0.3, -0.25) is 0 Å². The number of rotatable bonds is 7. The highest BCUT2D eigenvalue weighted by Crippen LogP contribution is 2.18. The van der Waals surface area contributed by atoms with Crippen LogP contribution < -0.4 is 5.32 Å². The molecule has 1 aromatic rings. The Hall–Kier alpha value is -1.59. The minimum atomic E-state index is 0.0399. The third-order valence-corrected chi connectivity index (χ3v) is 4.35. The van der Waals surface area contributed by atoms with Crippen molar-refractivity contribution in [3.63, 3.8) is 0 Å². The Labute approximate surface area is 139 Å². The summed E-state index contributed by atoms with van der Waals surface area (Å²) in [5, 5.41) is 2.89. The summed E-state index contributed by atoms with van der Waals surface area (Å²) < 4.78 is 4.95. The molecule has 0 aliphatic carbocycles. The summed E-state index contributed by atoms with van der Waals surface area (Å²) in [5.41, 5.74) is 1.35. The summed E-state index contributed by atoms with van der Waals surface area (Å²) in [6, 6.07) is 10.6. The van der Waals surface area contributed by atoms with E-state index in [1.54, 1.807) is 7.11 Å². The van der Waals surface area contributed by atoms with E-state index in [-0.39, 0.29) is 6.03 Å². The summed E-state index contributed by atoms with van der Waals surface area (Å²) in [5.74, 6) is 0.673. The van der Waals surface area contributed by atoms with Crippen molar-refractivity contribution < 1.29 is 9.53 Å². The molecule has 5 heteroatoms. The Kier molecular flexibility index (Phi) is 7.36. The standard InChI is InChI=1S/C18H29N3O2/c1-20(14-16-6-4-3-5-7-16)15-17-8-11-21(12-9-17)18(22)19-10-13-23-2/h3-7,17H,8-15H2,1-2H3,(H,19,22). The smallest absolute Gasteiger partial charge is 0.317 e. The van der Waals surface area contributed by atoms with Gasteiger partial charge in [0, 0.05) is 39.8 Å². The monoisotopic (exact) mass is 319 g/mol. The Morgan fingerprint density at radius 2 is 2.00 bits per heavy atom. The van der Waals surface area contributed by atoms with E-state index in [1.165, 1.54) is 5.56 Å². The highest BCUT2D eigenvalue weighted by Gasteiger charge is 2.23. The van der Waals surface area contributed by atoms with Crippen LogP contribution in [0.1, 0.15) is 18.4 Å². The fourth-order valence-electron chi connectivity index (χ4n) is 3.09. The maximum absolute atomic E-state index is 12.0. The Balaban J connectivity index is 1.67. The van der Waals surface area contributed by atoms with Crippen LogP contribution in [0.2, 0.25) is 0 Å². The molecule has 0 atom stereocenters. The Morgan fingerprint density at radius 1 is 1.30 bits per heavy atom. The number of nitrogens with one attached hydrogen (secondary N) is 1. The minimum absolute atomic E-state index is 0.0399. The number of carbonyl (C=O) groups is 1. The molecule has 1 aromatic carbocycles. The number of hydrogen-bond donors (Lipinski definition) is 1. The molecule has 128 valence electrons. The molecule has 0 spiro atoms. The zero-order valence-corrected chi connectivity index (χ0v) is 14.3. The first kappa shape index (κ1) is 17.8. The lowest BCUT2D eigenvalue weighted by Gasteiger charge is -2.34. The van der Waals surface area contributed by atoms with E-state index in [1.807, 2.05) is 4.90 Å². The molecule has 5 nitrogen and oxygen atoms in total. The van der Waals surface area contributed by atoms with Gasteiger partial charge in [0.05, 0.1) is 6.61 Å². The van der Waals surface area contributed by atoms with E-state index >= 15 is 0 Å². The SMILES string of the molecule is COCCNC(=O)N1CCC(CN(C)Cc2ccccc2)CC1. The second kappa shape index (κ2) is 9.53. The van der Waals surface area contributed by atoms with Crippen LogP contribution >= 0.6 is 0 Å². The highest BCUT2D eigenvalue weighted by atomic mass is 16.5. The maximum atomic E-state index is 12.0. The Bertz CT molecular complexity index is 459. The van der Waals surface area contributed by atoms with Gasteiger partial charge in [0.15, 0.2) is 0 Å². The first-order chi connectivity index (χ1) is 11.2. The zero-order chi connectivity index (χ0) is 16.5. The molecule has 0 saturated carbocycles. The number of urea groups is 1. The van der Waals surface area contributed by atoms with Crippen molar-refractivity contribution in [3.8, 4) is 0 Å². The van der Waals surface area contributed by atoms with Gasteiger partial charge in [0.2, 0.25) is 0 Å². The van der Waals surface area contributed by atoms with E-state index in [4.69, 9.17) is 4.74 Å². The van der Waals surface area contributed by atoms with Crippen LogP contribution in [0.3, 0.4) is 0 Å². The largest absolute Gasteiger partial charge is 0.383 e. The molecule has 0 unspecified atom stereocenters. The third kappa shape index (κ3) is 6.20. The average Bonchev–Trinajstić information content (AvgIpc) is 2.56. The molecule has 0 aromatic heterocycles. The lowest BCUT2D eigenvalue weighted by molar-refractivity contribution is 0.148. The summed E-state index contributed by atoms with van der Waals surface area (Å²) in [6.07, 6.45) is 2.16. The quantitative estimate of drug-likeness (QED) is 0.784. The van der Waals surface area contributed by atoms with Crippen LogP contribution in [0.15, 0.2) is 30.3 Å². The molecule has 1 aliphatic heterocycles. The number of nitrogens with zero attached hydrogens (tertiary/aromatic N) is 2. The molecule has 1 fully saturated rings. The predicted molar refractivity (Wildman–Crippen MR) is 92.3 cm³/mol. The van der Waals surface area contributed by atoms with Gasteiger partial charge in [0.1, 0.15) is 0 Å². The molecule has 0 radical (unpaired) electrons. The van der Waals surface area contributed by atoms with Crippen molar-refractivity contribution in [1.29, 1.82) is 0 Å². The van der Waals surface area contributed by atoms with Crippen molar-refractivity contribution in [2.24, 2.45) is 5.92 Å². The van der Waals surface area contributed by atoms with E-state index in [9.17, 15) is 4.79 Å². The molecule has 1 heterocycles. The highest BCUT2D eigenvalue weighted by molar-refractivity contribution is 5.74. The van der Waals surface area contributed by atoms with Gasteiger partial charge in [-0.2, -0.15) is 0 Å². The van der Waals surface area contributed by atoms with Crippen molar-refractivity contribution >= 4 is 6.03 Å². The number of methoxy groups -OCH3 is 1. The molecule has 2 rings (SSSR count). The number of hydrogen-bond acceptors (Lipinski definition) is 3. The van der Waals surface area contributed by atoms with Crippen molar-refractivity contribution in [3.05, 3.63) is 35.9 Å². The van der Waals surface area contributed by atoms with Gasteiger partial charge in [-0.25, -0.2) is 4.79 Å². The molecule has 0 bridgehead atoms. The van der Waals surface area contributed by atoms with E-state index in [2.05, 4.69) is 47.6 Å². The topological polar surface area (TPSA) is 44.8 Å². The predicted octanol–water partition coefficient (Wildman–Crippen LogP) is 2.19. The van der Waals surface area contributed by atoms with Crippen molar-refractivity contribution in [2.75, 3.05) is 46.9 Å². The molecule has 23 heavy (non-hydrogen) atoms. The first-order valence-corrected chi connectivity index (χ1v) is 8.43. The van der Waals surface area contributed by atoms with Gasteiger partial charge in [-0.15, -0.1) is 0 Å². The fraction of sp³-hybridized carbons (Fsp3) is 0.611. The van der Waals surface area contributed by atoms with Crippen LogP contribution in [-0.4, -0.2) is 62.8 Å². The zero-order valence-electron chi connectivity index (χ0n) is 14.3. The van der Waals surface area contributed by atoms with Gasteiger partial charge in [0.25, 0.3) is 0 Å². The maximum Gasteiger partial charge on any atom is 0.317 e. The van der Waals surface area contributed by atoms with Crippen molar-refractivity contribution in [1.82, 2.24) is 15.1 Å². The minimum Gasteiger partial charge on any atom is -0.383 e. The van der Waals surface area contributed by atoms with Crippen LogP contribution in [0.4, 0.5) is 4.79 Å². The second-order valence-corrected chi connectivity index (χ2v) is 6.34. The number of ether oxygens (including phenoxy) is 1. The first-order valence-electron chi connectivity index (χ1n) is 8.43. The van der Waals surface area contributed by atoms with Gasteiger partial charge < -0.3 is 19.9 Å². The number of benzene rings is 1. The molecule has 1 saturated heterocycles. The third-order valence-electron chi connectivity index (χ3n) is 4.35. The van der Waals surface area contributed by atoms with Gasteiger partial charge >= 0.3 is 6.03 Å². The average molecular weight is 319 g/mol. The summed E-state index contributed by atoms with van der Waals surface area (Å²) in [4.78, 5) is 16.3. The lowest BCUT2D eigenvalue weighted by atomic mass is 9.96. The Morgan fingerprint density at radius 3 is 2.65 bits per heavy atom. The molecular weight excluding hydrogens is 290 g/mol. The van der Waals surface area contributed by atoms with Crippen LogP contribution in [0, 0.1) is 5.92 Å².